The van der Waals surface area contributed by atoms with Gasteiger partial charge in [-0.25, -0.2) is 4.98 Å². The van der Waals surface area contributed by atoms with Crippen molar-refractivity contribution in [3.63, 3.8) is 0 Å². The quantitative estimate of drug-likeness (QED) is 0.865. The van der Waals surface area contributed by atoms with Gasteiger partial charge in [-0.1, -0.05) is 13.8 Å². The van der Waals surface area contributed by atoms with Gasteiger partial charge in [0.1, 0.15) is 0 Å². The summed E-state index contributed by atoms with van der Waals surface area (Å²) in [5, 5.41) is 9.67. The monoisotopic (exact) mass is 251 g/mol. The molecule has 1 aliphatic heterocycles. The maximum absolute atomic E-state index is 12.3. The number of hydrogen-bond acceptors (Lipinski definition) is 4. The first-order valence-corrected chi connectivity index (χ1v) is 6.56. The third-order valence-corrected chi connectivity index (χ3v) is 3.15. The fraction of sp³-hybridized carbons (Fsp3) is 0.692. The highest BCUT2D eigenvalue weighted by Gasteiger charge is 2.21. The molecule has 2 rings (SSSR count). The van der Waals surface area contributed by atoms with Crippen LogP contribution in [0.25, 0.3) is 0 Å². The number of aromatic nitrogens is 2. The van der Waals surface area contributed by atoms with E-state index < -0.39 is 0 Å². The Bertz CT molecular complexity index is 456. The molecule has 1 aromatic rings. The lowest BCUT2D eigenvalue weighted by Crippen LogP contribution is -2.42. The Morgan fingerprint density at radius 2 is 2.33 bits per heavy atom. The van der Waals surface area contributed by atoms with E-state index in [2.05, 4.69) is 18.8 Å². The summed E-state index contributed by atoms with van der Waals surface area (Å²) in [5.41, 5.74) is -0.0553. The van der Waals surface area contributed by atoms with E-state index in [1.807, 2.05) is 4.90 Å². The van der Waals surface area contributed by atoms with Crippen molar-refractivity contribution in [1.82, 2.24) is 9.55 Å². The molecular weight excluding hydrogens is 230 g/mol. The van der Waals surface area contributed by atoms with E-state index in [0.717, 1.165) is 19.4 Å². The molecule has 1 N–H and O–H groups in total. The summed E-state index contributed by atoms with van der Waals surface area (Å²) in [6, 6.07) is 0. The van der Waals surface area contributed by atoms with Gasteiger partial charge in [-0.05, 0) is 18.8 Å². The second-order valence-corrected chi connectivity index (χ2v) is 5.34. The summed E-state index contributed by atoms with van der Waals surface area (Å²) < 4.78 is 1.70. The number of β-amino-alcohol motifs (C(OH)–C–C–N with tert-alkyl or cyclic N) is 1. The van der Waals surface area contributed by atoms with E-state index in [-0.39, 0.29) is 11.7 Å². The second-order valence-electron chi connectivity index (χ2n) is 5.34. The van der Waals surface area contributed by atoms with Crippen molar-refractivity contribution in [1.29, 1.82) is 0 Å². The molecule has 0 amide bonds. The highest BCUT2D eigenvalue weighted by Crippen LogP contribution is 2.14. The van der Waals surface area contributed by atoms with Crippen molar-refractivity contribution >= 4 is 5.82 Å². The molecule has 0 saturated carbocycles. The van der Waals surface area contributed by atoms with Crippen LogP contribution < -0.4 is 10.5 Å². The standard InChI is InChI=1S/C13H21N3O2/c1-10(2)8-16-7-5-14-12(13(16)18)15-6-3-4-11(17)9-15/h5,7,10-11,17H,3-4,6,8-9H2,1-2H3/t11-/m0/s1. The van der Waals surface area contributed by atoms with Gasteiger partial charge in [-0.3, -0.25) is 4.79 Å². The zero-order valence-electron chi connectivity index (χ0n) is 11.0. The van der Waals surface area contributed by atoms with Crippen LogP contribution in [0.2, 0.25) is 0 Å². The van der Waals surface area contributed by atoms with Crippen LogP contribution in [0.4, 0.5) is 5.82 Å². The fourth-order valence-electron chi connectivity index (χ4n) is 2.34. The van der Waals surface area contributed by atoms with Crippen LogP contribution in [0.1, 0.15) is 26.7 Å². The predicted molar refractivity (Wildman–Crippen MR) is 70.8 cm³/mol. The Morgan fingerprint density at radius 3 is 3.00 bits per heavy atom. The van der Waals surface area contributed by atoms with Crippen LogP contribution in [-0.4, -0.2) is 33.9 Å². The molecule has 0 spiro atoms. The van der Waals surface area contributed by atoms with Crippen molar-refractivity contribution in [3.8, 4) is 0 Å². The predicted octanol–water partition coefficient (Wildman–Crippen LogP) is 0.860. The average molecular weight is 251 g/mol. The zero-order chi connectivity index (χ0) is 13.1. The second kappa shape index (κ2) is 5.52. The zero-order valence-corrected chi connectivity index (χ0v) is 11.0. The molecule has 0 aliphatic carbocycles. The van der Waals surface area contributed by atoms with E-state index >= 15 is 0 Å². The van der Waals surface area contributed by atoms with Gasteiger partial charge in [-0.15, -0.1) is 0 Å². The van der Waals surface area contributed by atoms with Gasteiger partial charge in [0.25, 0.3) is 5.56 Å². The SMILES string of the molecule is CC(C)Cn1ccnc(N2CCC[C@H](O)C2)c1=O. The van der Waals surface area contributed by atoms with Crippen molar-refractivity contribution < 1.29 is 5.11 Å². The van der Waals surface area contributed by atoms with Crippen LogP contribution in [0.15, 0.2) is 17.2 Å². The van der Waals surface area contributed by atoms with Crippen LogP contribution in [0.5, 0.6) is 0 Å². The molecule has 1 saturated heterocycles. The molecule has 1 aromatic heterocycles. The van der Waals surface area contributed by atoms with E-state index in [0.29, 0.717) is 24.8 Å². The normalized spacial score (nSPS) is 20.4. The molecule has 0 radical (unpaired) electrons. The number of aliphatic hydroxyl groups excluding tert-OH is 1. The van der Waals surface area contributed by atoms with Crippen molar-refractivity contribution in [3.05, 3.63) is 22.7 Å². The van der Waals surface area contributed by atoms with Crippen molar-refractivity contribution in [2.75, 3.05) is 18.0 Å². The number of nitrogens with zero attached hydrogens (tertiary/aromatic N) is 3. The maximum atomic E-state index is 12.3. The maximum Gasteiger partial charge on any atom is 0.293 e. The van der Waals surface area contributed by atoms with Crippen molar-refractivity contribution in [2.24, 2.45) is 5.92 Å². The molecule has 2 heterocycles. The molecule has 0 unspecified atom stereocenters. The Balaban J connectivity index is 2.25. The Kier molecular flexibility index (Phi) is 4.01. The van der Waals surface area contributed by atoms with Crippen LogP contribution >= 0.6 is 0 Å². The minimum absolute atomic E-state index is 0.0553. The van der Waals surface area contributed by atoms with Gasteiger partial charge in [0, 0.05) is 32.0 Å². The molecule has 100 valence electrons. The number of piperidine rings is 1. The fourth-order valence-corrected chi connectivity index (χ4v) is 2.34. The lowest BCUT2D eigenvalue weighted by molar-refractivity contribution is 0.153. The summed E-state index contributed by atoms with van der Waals surface area (Å²) in [6.07, 6.45) is 4.76. The summed E-state index contributed by atoms with van der Waals surface area (Å²) in [5.74, 6) is 0.891. The summed E-state index contributed by atoms with van der Waals surface area (Å²) in [7, 11) is 0. The van der Waals surface area contributed by atoms with Crippen molar-refractivity contribution in [2.45, 2.75) is 39.3 Å². The molecule has 0 aromatic carbocycles. The highest BCUT2D eigenvalue weighted by molar-refractivity contribution is 5.36. The molecule has 5 heteroatoms. The summed E-state index contributed by atoms with van der Waals surface area (Å²) in [6.45, 7) is 6.16. The van der Waals surface area contributed by atoms with E-state index in [4.69, 9.17) is 0 Å². The minimum Gasteiger partial charge on any atom is -0.391 e. The first kappa shape index (κ1) is 13.1. The molecule has 1 atom stereocenters. The largest absolute Gasteiger partial charge is 0.391 e. The number of anilines is 1. The minimum atomic E-state index is -0.348. The molecular formula is C13H21N3O2. The van der Waals surface area contributed by atoms with Gasteiger partial charge < -0.3 is 14.6 Å². The average Bonchev–Trinajstić information content (AvgIpc) is 2.31. The van der Waals surface area contributed by atoms with E-state index in [1.165, 1.54) is 0 Å². The molecule has 5 nitrogen and oxygen atoms in total. The Morgan fingerprint density at radius 1 is 1.56 bits per heavy atom. The van der Waals surface area contributed by atoms with Gasteiger partial charge >= 0.3 is 0 Å². The highest BCUT2D eigenvalue weighted by atomic mass is 16.3. The smallest absolute Gasteiger partial charge is 0.293 e. The lowest BCUT2D eigenvalue weighted by Gasteiger charge is -2.30. The van der Waals surface area contributed by atoms with Crippen LogP contribution in [0, 0.1) is 5.92 Å². The lowest BCUT2D eigenvalue weighted by atomic mass is 10.1. The molecule has 0 bridgehead atoms. The summed E-state index contributed by atoms with van der Waals surface area (Å²) >= 11 is 0. The summed E-state index contributed by atoms with van der Waals surface area (Å²) in [4.78, 5) is 18.4. The third-order valence-electron chi connectivity index (χ3n) is 3.15. The van der Waals surface area contributed by atoms with Gasteiger partial charge in [0.15, 0.2) is 5.82 Å². The van der Waals surface area contributed by atoms with Crippen LogP contribution in [-0.2, 0) is 6.54 Å². The van der Waals surface area contributed by atoms with E-state index in [9.17, 15) is 9.90 Å². The van der Waals surface area contributed by atoms with Gasteiger partial charge in [0.05, 0.1) is 6.10 Å². The number of aliphatic hydroxyl groups is 1. The molecule has 1 fully saturated rings. The van der Waals surface area contributed by atoms with Crippen LogP contribution in [0.3, 0.4) is 0 Å². The van der Waals surface area contributed by atoms with Gasteiger partial charge in [0.2, 0.25) is 0 Å². The molecule has 1 aliphatic rings. The third kappa shape index (κ3) is 2.90. The Labute approximate surface area is 107 Å². The number of rotatable bonds is 3. The molecule has 18 heavy (non-hydrogen) atoms. The van der Waals surface area contributed by atoms with Gasteiger partial charge in [-0.2, -0.15) is 0 Å². The van der Waals surface area contributed by atoms with E-state index in [1.54, 1.807) is 17.0 Å². The first-order valence-electron chi connectivity index (χ1n) is 6.56. The topological polar surface area (TPSA) is 58.4 Å². The first-order chi connectivity index (χ1) is 8.58. The number of hydrogen-bond donors (Lipinski definition) is 1. The Hall–Kier alpha value is -1.36.